The van der Waals surface area contributed by atoms with Crippen LogP contribution in [-0.4, -0.2) is 34.9 Å². The standard InChI is InChI=1S/C28H22FN3O5S/c1-3-36-21-14-13-16-9-5-6-10-17(16)22(21)25(33)30-26-23-18(15-38-26)24(28(35)37-4-2)31-32(27(23)34)20-12-8-7-11-19(20)29/h5-15H,3-4H2,1-2H3,(H,30,33). The van der Waals surface area contributed by atoms with E-state index in [4.69, 9.17) is 9.47 Å². The number of fused-ring (bicyclic) bond motifs is 2. The number of aromatic nitrogens is 2. The lowest BCUT2D eigenvalue weighted by Gasteiger charge is -2.13. The van der Waals surface area contributed by atoms with Gasteiger partial charge in [-0.05, 0) is 42.8 Å². The van der Waals surface area contributed by atoms with Gasteiger partial charge >= 0.3 is 5.97 Å². The molecule has 0 radical (unpaired) electrons. The zero-order chi connectivity index (χ0) is 26.8. The highest BCUT2D eigenvalue weighted by Gasteiger charge is 2.25. The Labute approximate surface area is 220 Å². The fraction of sp³-hybridized carbons (Fsp3) is 0.143. The van der Waals surface area contributed by atoms with Crippen molar-refractivity contribution in [2.24, 2.45) is 0 Å². The van der Waals surface area contributed by atoms with E-state index in [1.165, 1.54) is 18.2 Å². The van der Waals surface area contributed by atoms with Crippen LogP contribution in [0, 0.1) is 5.82 Å². The summed E-state index contributed by atoms with van der Waals surface area (Å²) in [4.78, 5) is 40.0. The first-order valence-corrected chi connectivity index (χ1v) is 12.7. The van der Waals surface area contributed by atoms with E-state index in [-0.39, 0.29) is 33.8 Å². The van der Waals surface area contributed by atoms with Gasteiger partial charge in [0.05, 0.1) is 24.2 Å². The summed E-state index contributed by atoms with van der Waals surface area (Å²) in [6.45, 7) is 3.89. The minimum Gasteiger partial charge on any atom is -0.493 e. The van der Waals surface area contributed by atoms with Crippen molar-refractivity contribution < 1.29 is 23.5 Å². The van der Waals surface area contributed by atoms with Crippen molar-refractivity contribution in [3.05, 3.63) is 93.5 Å². The van der Waals surface area contributed by atoms with Gasteiger partial charge in [0.1, 0.15) is 22.3 Å². The number of thiophene rings is 1. The van der Waals surface area contributed by atoms with Gasteiger partial charge in [-0.15, -0.1) is 11.3 Å². The molecule has 0 unspecified atom stereocenters. The Morgan fingerprint density at radius 1 is 1.00 bits per heavy atom. The lowest BCUT2D eigenvalue weighted by atomic mass is 10.0. The molecule has 0 spiro atoms. The molecule has 2 aromatic heterocycles. The maximum Gasteiger partial charge on any atom is 0.359 e. The van der Waals surface area contributed by atoms with Gasteiger partial charge in [-0.1, -0.05) is 42.5 Å². The summed E-state index contributed by atoms with van der Waals surface area (Å²) in [6, 6.07) is 16.6. The highest BCUT2D eigenvalue weighted by molar-refractivity contribution is 7.16. The van der Waals surface area contributed by atoms with Crippen LogP contribution in [0.25, 0.3) is 27.2 Å². The monoisotopic (exact) mass is 531 g/mol. The van der Waals surface area contributed by atoms with Crippen LogP contribution in [0.5, 0.6) is 5.75 Å². The third-order valence-electron chi connectivity index (χ3n) is 5.85. The second-order valence-corrected chi connectivity index (χ2v) is 9.02. The summed E-state index contributed by atoms with van der Waals surface area (Å²) in [5.41, 5.74) is -0.694. The molecule has 0 saturated heterocycles. The predicted octanol–water partition coefficient (Wildman–Crippen LogP) is 5.57. The average molecular weight is 532 g/mol. The molecule has 0 bridgehead atoms. The first-order valence-electron chi connectivity index (χ1n) is 11.9. The second kappa shape index (κ2) is 10.4. The van der Waals surface area contributed by atoms with Crippen LogP contribution in [0.4, 0.5) is 9.39 Å². The lowest BCUT2D eigenvalue weighted by Crippen LogP contribution is -2.26. The molecule has 2 heterocycles. The maximum atomic E-state index is 14.7. The van der Waals surface area contributed by atoms with Crippen molar-refractivity contribution in [1.82, 2.24) is 9.78 Å². The highest BCUT2D eigenvalue weighted by Crippen LogP contribution is 2.34. The molecule has 0 aliphatic rings. The molecule has 10 heteroatoms. The number of hydrogen-bond donors (Lipinski definition) is 1. The van der Waals surface area contributed by atoms with Gasteiger partial charge in [0.15, 0.2) is 5.69 Å². The lowest BCUT2D eigenvalue weighted by molar-refractivity contribution is 0.0519. The van der Waals surface area contributed by atoms with E-state index in [1.807, 2.05) is 37.3 Å². The van der Waals surface area contributed by atoms with Crippen LogP contribution in [0.3, 0.4) is 0 Å². The number of benzene rings is 3. The van der Waals surface area contributed by atoms with Crippen molar-refractivity contribution in [1.29, 1.82) is 0 Å². The van der Waals surface area contributed by atoms with Crippen molar-refractivity contribution in [2.75, 3.05) is 18.5 Å². The molecule has 0 atom stereocenters. The highest BCUT2D eigenvalue weighted by atomic mass is 32.1. The van der Waals surface area contributed by atoms with Gasteiger partial charge in [-0.2, -0.15) is 9.78 Å². The van der Waals surface area contributed by atoms with Crippen LogP contribution in [0.15, 0.2) is 70.8 Å². The Balaban J connectivity index is 1.69. The van der Waals surface area contributed by atoms with Gasteiger partial charge in [0, 0.05) is 10.8 Å². The fourth-order valence-corrected chi connectivity index (χ4v) is 5.14. The van der Waals surface area contributed by atoms with Crippen LogP contribution in [0.1, 0.15) is 34.7 Å². The number of halogens is 1. The van der Waals surface area contributed by atoms with Gasteiger partial charge in [0.2, 0.25) is 0 Å². The van der Waals surface area contributed by atoms with Gasteiger partial charge in [-0.3, -0.25) is 9.59 Å². The van der Waals surface area contributed by atoms with Crippen LogP contribution in [-0.2, 0) is 4.74 Å². The number of anilines is 1. The Kier molecular flexibility index (Phi) is 6.89. The summed E-state index contributed by atoms with van der Waals surface area (Å²) in [5.74, 6) is -1.58. The van der Waals surface area contributed by atoms with Crippen molar-refractivity contribution in [3.8, 4) is 11.4 Å². The topological polar surface area (TPSA) is 99.5 Å². The normalized spacial score (nSPS) is 11.0. The Hall–Kier alpha value is -4.57. The van der Waals surface area contributed by atoms with Gasteiger partial charge in [-0.25, -0.2) is 9.18 Å². The number of carbonyl (C=O) groups excluding carboxylic acids is 2. The van der Waals surface area contributed by atoms with Crippen LogP contribution < -0.4 is 15.6 Å². The third kappa shape index (κ3) is 4.39. The van der Waals surface area contributed by atoms with E-state index in [1.54, 1.807) is 24.4 Å². The molecule has 192 valence electrons. The maximum absolute atomic E-state index is 14.7. The number of nitrogens with zero attached hydrogens (tertiary/aromatic N) is 2. The largest absolute Gasteiger partial charge is 0.493 e. The van der Waals surface area contributed by atoms with Crippen molar-refractivity contribution in [3.63, 3.8) is 0 Å². The van der Waals surface area contributed by atoms with Crippen molar-refractivity contribution >= 4 is 49.8 Å². The Morgan fingerprint density at radius 2 is 1.76 bits per heavy atom. The molecule has 1 N–H and O–H groups in total. The Bertz CT molecular complexity index is 1760. The molecule has 0 fully saturated rings. The van der Waals surface area contributed by atoms with E-state index < -0.39 is 23.3 Å². The molecule has 0 aliphatic carbocycles. The molecular formula is C28H22FN3O5S. The third-order valence-corrected chi connectivity index (χ3v) is 6.74. The quantitative estimate of drug-likeness (QED) is 0.276. The Morgan fingerprint density at radius 3 is 2.53 bits per heavy atom. The van der Waals surface area contributed by atoms with Crippen LogP contribution in [0.2, 0.25) is 0 Å². The predicted molar refractivity (Wildman–Crippen MR) is 144 cm³/mol. The number of nitrogens with one attached hydrogen (secondary N) is 1. The van der Waals surface area contributed by atoms with Gasteiger partial charge < -0.3 is 14.8 Å². The van der Waals surface area contributed by atoms with Gasteiger partial charge in [0.25, 0.3) is 11.5 Å². The fourth-order valence-electron chi connectivity index (χ4n) is 4.21. The molecule has 8 nitrogen and oxygen atoms in total. The first-order chi connectivity index (χ1) is 18.4. The zero-order valence-electron chi connectivity index (χ0n) is 20.5. The molecule has 0 aliphatic heterocycles. The summed E-state index contributed by atoms with van der Waals surface area (Å²) in [6.07, 6.45) is 0. The van der Waals surface area contributed by atoms with E-state index in [0.717, 1.165) is 21.4 Å². The number of amides is 1. The molecule has 3 aromatic carbocycles. The number of hydrogen-bond acceptors (Lipinski definition) is 7. The van der Waals surface area contributed by atoms with E-state index in [9.17, 15) is 18.8 Å². The molecule has 1 amide bonds. The van der Waals surface area contributed by atoms with E-state index in [2.05, 4.69) is 10.4 Å². The SMILES string of the molecule is CCOC(=O)c1nn(-c2ccccc2F)c(=O)c2c(NC(=O)c3c(OCC)ccc4ccccc34)scc12. The smallest absolute Gasteiger partial charge is 0.359 e. The molecule has 5 rings (SSSR count). The number of rotatable bonds is 7. The zero-order valence-corrected chi connectivity index (χ0v) is 21.3. The molecule has 5 aromatic rings. The first kappa shape index (κ1) is 25.1. The molecule has 38 heavy (non-hydrogen) atoms. The van der Waals surface area contributed by atoms with E-state index in [0.29, 0.717) is 23.3 Å². The van der Waals surface area contributed by atoms with E-state index >= 15 is 0 Å². The summed E-state index contributed by atoms with van der Waals surface area (Å²) in [7, 11) is 0. The minimum atomic E-state index is -0.772. The second-order valence-electron chi connectivity index (χ2n) is 8.14. The van der Waals surface area contributed by atoms with Crippen LogP contribution >= 0.6 is 11.3 Å². The summed E-state index contributed by atoms with van der Waals surface area (Å²) in [5, 5.41) is 10.4. The van der Waals surface area contributed by atoms with Crippen molar-refractivity contribution in [2.45, 2.75) is 13.8 Å². The number of ether oxygens (including phenoxy) is 2. The summed E-state index contributed by atoms with van der Waals surface area (Å²) >= 11 is 1.05. The number of esters is 1. The number of carbonyl (C=O) groups is 2. The molecular weight excluding hydrogens is 509 g/mol. The number of para-hydroxylation sites is 1. The summed E-state index contributed by atoms with van der Waals surface area (Å²) < 4.78 is 26.3. The average Bonchev–Trinajstić information content (AvgIpc) is 3.33. The molecule has 0 saturated carbocycles. The minimum absolute atomic E-state index is 0.0165.